The first kappa shape index (κ1) is 31.9. The van der Waals surface area contributed by atoms with Crippen LogP contribution in [0, 0.1) is 0 Å². The number of rotatable bonds is 6. The SMILES string of the molecule is COCC(=O)N1CCNC(=O)[C@@H](Cc2ccccc2)NC(=O)[C@H](Cc2ccccc2)NC(=O)[C@H](C)NC(=O)c2cc(on2)C1. The number of hydrogen-bond acceptors (Lipinski definition) is 8. The molecule has 2 aromatic carbocycles. The number of carbonyl (C=O) groups is 5. The van der Waals surface area contributed by atoms with Gasteiger partial charge in [0.05, 0.1) is 6.54 Å². The molecule has 0 aliphatic carbocycles. The number of nitrogens with zero attached hydrogens (tertiary/aromatic N) is 2. The van der Waals surface area contributed by atoms with E-state index < -0.39 is 41.8 Å². The van der Waals surface area contributed by atoms with Crippen molar-refractivity contribution in [3.05, 3.63) is 89.3 Å². The van der Waals surface area contributed by atoms with E-state index in [1.165, 1.54) is 25.0 Å². The molecule has 232 valence electrons. The van der Waals surface area contributed by atoms with E-state index in [0.29, 0.717) is 0 Å². The summed E-state index contributed by atoms with van der Waals surface area (Å²) in [6.45, 7) is 1.36. The number of carbonyl (C=O) groups excluding carboxylic acids is 5. The lowest BCUT2D eigenvalue weighted by Gasteiger charge is -2.25. The highest BCUT2D eigenvalue weighted by Gasteiger charge is 2.30. The second-order valence-corrected chi connectivity index (χ2v) is 10.4. The molecule has 0 fully saturated rings. The maximum atomic E-state index is 13.7. The van der Waals surface area contributed by atoms with Crippen molar-refractivity contribution in [2.24, 2.45) is 0 Å². The summed E-state index contributed by atoms with van der Waals surface area (Å²) in [5.41, 5.74) is 1.51. The van der Waals surface area contributed by atoms with Gasteiger partial charge in [-0.1, -0.05) is 65.8 Å². The van der Waals surface area contributed by atoms with Crippen LogP contribution >= 0.6 is 0 Å². The third kappa shape index (κ3) is 8.98. The number of nitrogens with one attached hydrogen (secondary N) is 4. The molecule has 0 spiro atoms. The molecule has 44 heavy (non-hydrogen) atoms. The molecule has 5 amide bonds. The molecular weight excluding hydrogens is 568 g/mol. The minimum absolute atomic E-state index is 0.0419. The van der Waals surface area contributed by atoms with Crippen LogP contribution in [0.2, 0.25) is 0 Å². The van der Waals surface area contributed by atoms with E-state index in [1.54, 1.807) is 0 Å². The molecule has 1 aromatic heterocycles. The van der Waals surface area contributed by atoms with Crippen molar-refractivity contribution < 1.29 is 33.2 Å². The molecule has 0 saturated heterocycles. The van der Waals surface area contributed by atoms with E-state index in [-0.39, 0.29) is 56.4 Å². The largest absolute Gasteiger partial charge is 0.375 e. The van der Waals surface area contributed by atoms with E-state index >= 15 is 0 Å². The highest BCUT2D eigenvalue weighted by atomic mass is 16.5. The summed E-state index contributed by atoms with van der Waals surface area (Å²) in [7, 11) is 1.39. The van der Waals surface area contributed by atoms with Crippen LogP contribution < -0.4 is 21.3 Å². The molecule has 1 aliphatic rings. The lowest BCUT2D eigenvalue weighted by Crippen LogP contribution is -2.57. The summed E-state index contributed by atoms with van der Waals surface area (Å²) in [5.74, 6) is -2.47. The van der Waals surface area contributed by atoms with Crippen molar-refractivity contribution in [3.63, 3.8) is 0 Å². The van der Waals surface area contributed by atoms with E-state index in [4.69, 9.17) is 9.26 Å². The van der Waals surface area contributed by atoms with E-state index in [1.807, 2.05) is 60.7 Å². The van der Waals surface area contributed by atoms with E-state index in [9.17, 15) is 24.0 Å². The number of benzene rings is 2. The fourth-order valence-electron chi connectivity index (χ4n) is 4.65. The lowest BCUT2D eigenvalue weighted by atomic mass is 10.0. The molecule has 1 aliphatic heterocycles. The normalized spacial score (nSPS) is 20.4. The lowest BCUT2D eigenvalue weighted by molar-refractivity contribution is -0.136. The molecule has 13 nitrogen and oxygen atoms in total. The molecule has 3 aromatic rings. The van der Waals surface area contributed by atoms with Gasteiger partial charge in [0, 0.05) is 39.1 Å². The van der Waals surface area contributed by atoms with Crippen molar-refractivity contribution in [3.8, 4) is 0 Å². The fraction of sp³-hybridized carbons (Fsp3) is 0.355. The Morgan fingerprint density at radius 2 is 1.48 bits per heavy atom. The molecule has 3 atom stereocenters. The summed E-state index contributed by atoms with van der Waals surface area (Å²) < 4.78 is 10.3. The Kier molecular flexibility index (Phi) is 11.2. The summed E-state index contributed by atoms with van der Waals surface area (Å²) in [4.78, 5) is 67.3. The number of fused-ring (bicyclic) bond motifs is 2. The van der Waals surface area contributed by atoms with Crippen LogP contribution in [0.25, 0.3) is 0 Å². The maximum absolute atomic E-state index is 13.7. The Morgan fingerprint density at radius 1 is 0.886 bits per heavy atom. The van der Waals surface area contributed by atoms with Crippen LogP contribution in [0.5, 0.6) is 0 Å². The quantitative estimate of drug-likeness (QED) is 0.312. The molecule has 0 unspecified atom stereocenters. The number of hydrogen-bond donors (Lipinski definition) is 4. The zero-order valence-electron chi connectivity index (χ0n) is 24.6. The van der Waals surface area contributed by atoms with E-state index in [2.05, 4.69) is 26.4 Å². The molecule has 4 rings (SSSR count). The predicted octanol–water partition coefficient (Wildman–Crippen LogP) is 0.353. The first-order valence-corrected chi connectivity index (χ1v) is 14.2. The number of ether oxygens (including phenoxy) is 1. The zero-order chi connectivity index (χ0) is 31.5. The topological polar surface area (TPSA) is 172 Å². The molecule has 0 saturated carbocycles. The Morgan fingerprint density at radius 3 is 2.09 bits per heavy atom. The monoisotopic (exact) mass is 604 g/mol. The highest BCUT2D eigenvalue weighted by molar-refractivity contribution is 5.97. The summed E-state index contributed by atoms with van der Waals surface area (Å²) in [6.07, 6.45) is 0.325. The van der Waals surface area contributed by atoms with E-state index in [0.717, 1.165) is 11.1 Å². The Balaban J connectivity index is 1.64. The van der Waals surface area contributed by atoms with Gasteiger partial charge in [0.1, 0.15) is 24.7 Å². The van der Waals surface area contributed by atoms with Gasteiger partial charge in [-0.15, -0.1) is 0 Å². The van der Waals surface area contributed by atoms with Crippen LogP contribution in [0.15, 0.2) is 71.3 Å². The number of amides is 5. The minimum Gasteiger partial charge on any atom is -0.375 e. The van der Waals surface area contributed by atoms with Gasteiger partial charge >= 0.3 is 0 Å². The Labute approximate surface area is 254 Å². The van der Waals surface area contributed by atoms with Crippen LogP contribution in [-0.2, 0) is 43.3 Å². The third-order valence-electron chi connectivity index (χ3n) is 7.01. The van der Waals surface area contributed by atoms with Crippen LogP contribution in [-0.4, -0.2) is 84.5 Å². The maximum Gasteiger partial charge on any atom is 0.274 e. The van der Waals surface area contributed by atoms with Crippen molar-refractivity contribution >= 4 is 29.5 Å². The predicted molar refractivity (Wildman–Crippen MR) is 158 cm³/mol. The number of methoxy groups -OCH3 is 1. The van der Waals surface area contributed by atoms with Crippen LogP contribution in [0.1, 0.15) is 34.3 Å². The first-order valence-electron chi connectivity index (χ1n) is 14.2. The Bertz CT molecular complexity index is 1450. The smallest absolute Gasteiger partial charge is 0.274 e. The van der Waals surface area contributed by atoms with Crippen molar-refractivity contribution in [2.75, 3.05) is 26.8 Å². The second kappa shape index (κ2) is 15.4. The van der Waals surface area contributed by atoms with Crippen LogP contribution in [0.4, 0.5) is 0 Å². The summed E-state index contributed by atoms with van der Waals surface area (Å²) in [5, 5.41) is 14.7. The van der Waals surface area contributed by atoms with Gasteiger partial charge in [-0.3, -0.25) is 24.0 Å². The minimum atomic E-state index is -1.06. The van der Waals surface area contributed by atoms with Gasteiger partial charge in [-0.05, 0) is 18.1 Å². The first-order chi connectivity index (χ1) is 21.2. The average Bonchev–Trinajstić information content (AvgIpc) is 3.49. The molecule has 2 bridgehead atoms. The van der Waals surface area contributed by atoms with Gasteiger partial charge in [0.25, 0.3) is 5.91 Å². The summed E-state index contributed by atoms with van der Waals surface area (Å²) >= 11 is 0. The van der Waals surface area contributed by atoms with Crippen molar-refractivity contribution in [1.29, 1.82) is 0 Å². The molecule has 13 heteroatoms. The van der Waals surface area contributed by atoms with Gasteiger partial charge in [-0.25, -0.2) is 0 Å². The third-order valence-corrected chi connectivity index (χ3v) is 7.01. The van der Waals surface area contributed by atoms with Crippen molar-refractivity contribution in [1.82, 2.24) is 31.3 Å². The zero-order valence-corrected chi connectivity index (χ0v) is 24.6. The molecular formula is C31H36N6O7. The number of aromatic nitrogens is 1. The second-order valence-electron chi connectivity index (χ2n) is 10.4. The highest BCUT2D eigenvalue weighted by Crippen LogP contribution is 2.11. The standard InChI is InChI=1S/C31H36N6O7/c1-20-28(39)34-25(16-22-11-7-4-8-12-22)30(41)35-24(15-21-9-5-3-6-10-21)29(40)32-13-14-37(27(38)19-43-2)18-23-17-26(36-44-23)31(42)33-20/h3-12,17,20,24-25H,13-16,18-19H2,1-2H3,(H,32,40)(H,33,42)(H,34,39)(H,35,41)/t20-,24+,25-/m0/s1. The van der Waals surface area contributed by atoms with Crippen LogP contribution in [0.3, 0.4) is 0 Å². The van der Waals surface area contributed by atoms with Gasteiger partial charge in [-0.2, -0.15) is 0 Å². The average molecular weight is 605 g/mol. The molecule has 0 radical (unpaired) electrons. The van der Waals surface area contributed by atoms with Gasteiger partial charge in [0.15, 0.2) is 11.5 Å². The molecule has 2 heterocycles. The fourth-order valence-corrected chi connectivity index (χ4v) is 4.65. The van der Waals surface area contributed by atoms with Gasteiger partial charge < -0.3 is 35.4 Å². The Hall–Kier alpha value is -5.04. The molecule has 4 N–H and O–H groups in total. The summed E-state index contributed by atoms with van der Waals surface area (Å²) in [6, 6.07) is 16.6. The van der Waals surface area contributed by atoms with Crippen molar-refractivity contribution in [2.45, 2.75) is 44.4 Å². The van der Waals surface area contributed by atoms with Gasteiger partial charge in [0.2, 0.25) is 23.6 Å².